The zero-order valence-corrected chi connectivity index (χ0v) is 11.8. The molecule has 1 heterocycles. The Morgan fingerprint density at radius 3 is 2.86 bits per heavy atom. The van der Waals surface area contributed by atoms with Crippen molar-refractivity contribution in [3.05, 3.63) is 24.0 Å². The molecule has 0 bridgehead atoms. The van der Waals surface area contributed by atoms with Gasteiger partial charge >= 0.3 is 6.61 Å². The smallest absolute Gasteiger partial charge is 0.387 e. The normalized spacial score (nSPS) is 18.5. The number of likely N-dealkylation sites (tertiary alicyclic amines) is 1. The van der Waals surface area contributed by atoms with Crippen molar-refractivity contribution < 1.29 is 27.5 Å². The molecule has 8 heteroatoms. The van der Waals surface area contributed by atoms with Crippen LogP contribution in [0.1, 0.15) is 19.3 Å². The highest BCUT2D eigenvalue weighted by Crippen LogP contribution is 2.28. The van der Waals surface area contributed by atoms with Gasteiger partial charge in [-0.2, -0.15) is 8.78 Å². The number of hydrogen-bond acceptors (Lipinski definition) is 3. The molecule has 1 aromatic carbocycles. The Morgan fingerprint density at radius 1 is 1.45 bits per heavy atom. The van der Waals surface area contributed by atoms with Crippen LogP contribution in [0.3, 0.4) is 0 Å². The fourth-order valence-corrected chi connectivity index (χ4v) is 2.31. The predicted octanol–water partition coefficient (Wildman–Crippen LogP) is 2.38. The highest BCUT2D eigenvalue weighted by Gasteiger charge is 2.30. The van der Waals surface area contributed by atoms with E-state index in [0.29, 0.717) is 19.3 Å². The Morgan fingerprint density at radius 2 is 2.18 bits per heavy atom. The van der Waals surface area contributed by atoms with Crippen LogP contribution >= 0.6 is 0 Å². The molecule has 1 saturated heterocycles. The van der Waals surface area contributed by atoms with E-state index in [1.165, 1.54) is 11.9 Å². The molecular weight excluding hydrogens is 301 g/mol. The number of halogens is 3. The Kier molecular flexibility index (Phi) is 4.89. The molecule has 0 saturated carbocycles. The lowest BCUT2D eigenvalue weighted by Crippen LogP contribution is -2.47. The molecule has 1 atom stereocenters. The van der Waals surface area contributed by atoms with E-state index in [1.54, 1.807) is 0 Å². The van der Waals surface area contributed by atoms with E-state index < -0.39 is 30.1 Å². The van der Waals surface area contributed by atoms with Gasteiger partial charge in [0, 0.05) is 19.5 Å². The molecule has 1 aliphatic rings. The van der Waals surface area contributed by atoms with Crippen molar-refractivity contribution in [2.75, 3.05) is 12.4 Å². The first-order valence-corrected chi connectivity index (χ1v) is 6.69. The minimum atomic E-state index is -3.14. The highest BCUT2D eigenvalue weighted by atomic mass is 19.3. The van der Waals surface area contributed by atoms with Crippen LogP contribution in [-0.2, 0) is 9.59 Å². The Balaban J connectivity index is 2.15. The fraction of sp³-hybridized carbons (Fsp3) is 0.429. The minimum absolute atomic E-state index is 0.0712. The van der Waals surface area contributed by atoms with E-state index in [1.807, 2.05) is 0 Å². The molecule has 0 spiro atoms. The lowest BCUT2D eigenvalue weighted by molar-refractivity contribution is -0.140. The summed E-state index contributed by atoms with van der Waals surface area (Å²) in [7, 11) is 1.51. The maximum atomic E-state index is 13.1. The molecule has 2 amide bonds. The number of nitrogens with zero attached hydrogens (tertiary/aromatic N) is 1. The molecule has 1 aromatic rings. The largest absolute Gasteiger partial charge is 0.432 e. The van der Waals surface area contributed by atoms with Crippen molar-refractivity contribution in [2.45, 2.75) is 31.9 Å². The van der Waals surface area contributed by atoms with E-state index in [0.717, 1.165) is 18.2 Å². The second kappa shape index (κ2) is 6.67. The van der Waals surface area contributed by atoms with Crippen molar-refractivity contribution in [1.82, 2.24) is 4.90 Å². The summed E-state index contributed by atoms with van der Waals surface area (Å²) in [5, 5.41) is 2.41. The molecule has 1 aliphatic heterocycles. The van der Waals surface area contributed by atoms with Crippen molar-refractivity contribution >= 4 is 17.5 Å². The molecule has 0 radical (unpaired) electrons. The molecule has 1 fully saturated rings. The molecule has 1 N–H and O–H groups in total. The summed E-state index contributed by atoms with van der Waals surface area (Å²) in [5.74, 6) is -1.91. The maximum absolute atomic E-state index is 13.1. The van der Waals surface area contributed by atoms with Gasteiger partial charge < -0.3 is 15.0 Å². The van der Waals surface area contributed by atoms with E-state index in [9.17, 15) is 22.8 Å². The van der Waals surface area contributed by atoms with E-state index in [4.69, 9.17) is 0 Å². The SMILES string of the molecule is CN1C(=O)CCCC1C(=O)Nc1ccc(F)cc1OC(F)F. The second-order valence-corrected chi connectivity index (χ2v) is 4.92. The van der Waals surface area contributed by atoms with Gasteiger partial charge in [-0.15, -0.1) is 0 Å². The average molecular weight is 316 g/mol. The van der Waals surface area contributed by atoms with E-state index >= 15 is 0 Å². The number of carbonyl (C=O) groups is 2. The summed E-state index contributed by atoms with van der Waals surface area (Å²) in [4.78, 5) is 25.1. The van der Waals surface area contributed by atoms with Gasteiger partial charge in [0.2, 0.25) is 11.8 Å². The number of likely N-dealkylation sites (N-methyl/N-ethyl adjacent to an activating group) is 1. The summed E-state index contributed by atoms with van der Waals surface area (Å²) >= 11 is 0. The Hall–Kier alpha value is -2.25. The third kappa shape index (κ3) is 3.69. The number of alkyl halides is 2. The van der Waals surface area contributed by atoms with Crippen LogP contribution in [0.5, 0.6) is 5.75 Å². The molecule has 22 heavy (non-hydrogen) atoms. The number of nitrogens with one attached hydrogen (secondary N) is 1. The Labute approximate surface area is 125 Å². The van der Waals surface area contributed by atoms with Crippen LogP contribution in [0.2, 0.25) is 0 Å². The van der Waals surface area contributed by atoms with Gasteiger partial charge in [-0.3, -0.25) is 9.59 Å². The topological polar surface area (TPSA) is 58.6 Å². The predicted molar refractivity (Wildman–Crippen MR) is 72.1 cm³/mol. The molecule has 0 aliphatic carbocycles. The number of benzene rings is 1. The van der Waals surface area contributed by atoms with Crippen LogP contribution in [-0.4, -0.2) is 36.4 Å². The number of rotatable bonds is 4. The zero-order chi connectivity index (χ0) is 16.3. The van der Waals surface area contributed by atoms with Crippen LogP contribution in [0.15, 0.2) is 18.2 Å². The van der Waals surface area contributed by atoms with Crippen LogP contribution in [0, 0.1) is 5.82 Å². The van der Waals surface area contributed by atoms with Crippen LogP contribution in [0.25, 0.3) is 0 Å². The van der Waals surface area contributed by atoms with Crippen molar-refractivity contribution in [1.29, 1.82) is 0 Å². The summed E-state index contributed by atoms with van der Waals surface area (Å²) in [6.45, 7) is -3.14. The zero-order valence-electron chi connectivity index (χ0n) is 11.8. The second-order valence-electron chi connectivity index (χ2n) is 4.92. The Bertz CT molecular complexity index is 580. The van der Waals surface area contributed by atoms with Crippen LogP contribution in [0.4, 0.5) is 18.9 Å². The fourth-order valence-electron chi connectivity index (χ4n) is 2.31. The van der Waals surface area contributed by atoms with E-state index in [-0.39, 0.29) is 11.6 Å². The first kappa shape index (κ1) is 16.1. The van der Waals surface area contributed by atoms with Crippen molar-refractivity contribution in [2.24, 2.45) is 0 Å². The van der Waals surface area contributed by atoms with Crippen LogP contribution < -0.4 is 10.1 Å². The summed E-state index contributed by atoms with van der Waals surface area (Å²) in [6.07, 6.45) is 1.42. The number of hydrogen-bond donors (Lipinski definition) is 1. The standard InChI is InChI=1S/C14H15F3N2O3/c1-19-10(3-2-4-12(19)20)13(21)18-9-6-5-8(15)7-11(9)22-14(16)17/h5-7,10,14H,2-4H2,1H3,(H,18,21). The third-order valence-electron chi connectivity index (χ3n) is 3.45. The van der Waals surface area contributed by atoms with Gasteiger partial charge in [0.15, 0.2) is 5.75 Å². The first-order chi connectivity index (χ1) is 10.4. The van der Waals surface area contributed by atoms with Gasteiger partial charge in [-0.1, -0.05) is 0 Å². The monoisotopic (exact) mass is 316 g/mol. The van der Waals surface area contributed by atoms with Gasteiger partial charge in [0.1, 0.15) is 11.9 Å². The van der Waals surface area contributed by atoms with Gasteiger partial charge in [0.25, 0.3) is 0 Å². The molecule has 0 aromatic heterocycles. The number of piperidine rings is 1. The molecule has 120 valence electrons. The molecular formula is C14H15F3N2O3. The summed E-state index contributed by atoms with van der Waals surface area (Å²) in [5.41, 5.74) is -0.0712. The maximum Gasteiger partial charge on any atom is 0.387 e. The lowest BCUT2D eigenvalue weighted by Gasteiger charge is -2.31. The van der Waals surface area contributed by atoms with Gasteiger partial charge in [-0.05, 0) is 25.0 Å². The number of anilines is 1. The van der Waals surface area contributed by atoms with Crippen molar-refractivity contribution in [3.63, 3.8) is 0 Å². The summed E-state index contributed by atoms with van der Waals surface area (Å²) in [6, 6.07) is 2.22. The molecule has 2 rings (SSSR count). The number of amides is 2. The number of ether oxygens (including phenoxy) is 1. The van der Waals surface area contributed by atoms with Gasteiger partial charge in [0.05, 0.1) is 5.69 Å². The average Bonchev–Trinajstić information content (AvgIpc) is 2.44. The first-order valence-electron chi connectivity index (χ1n) is 6.69. The highest BCUT2D eigenvalue weighted by molar-refractivity contribution is 5.98. The number of carbonyl (C=O) groups excluding carboxylic acids is 2. The van der Waals surface area contributed by atoms with Gasteiger partial charge in [-0.25, -0.2) is 4.39 Å². The lowest BCUT2D eigenvalue weighted by atomic mass is 10.0. The molecule has 5 nitrogen and oxygen atoms in total. The molecule has 1 unspecified atom stereocenters. The summed E-state index contributed by atoms with van der Waals surface area (Å²) < 4.78 is 42.0. The third-order valence-corrected chi connectivity index (χ3v) is 3.45. The van der Waals surface area contributed by atoms with E-state index in [2.05, 4.69) is 10.1 Å². The minimum Gasteiger partial charge on any atom is -0.432 e. The quantitative estimate of drug-likeness (QED) is 0.928. The van der Waals surface area contributed by atoms with Crippen molar-refractivity contribution in [3.8, 4) is 5.75 Å².